The molecular formula is C16H23NO. The molecule has 1 N–H and O–H groups in total. The van der Waals surface area contributed by atoms with Gasteiger partial charge in [-0.2, -0.15) is 0 Å². The Balaban J connectivity index is 1.67. The number of fused-ring (bicyclic) bond motifs is 1. The summed E-state index contributed by atoms with van der Waals surface area (Å²) in [7, 11) is 2.18. The molecule has 2 unspecified atom stereocenters. The Bertz CT molecular complexity index is 411. The SMILES string of the molecule is CN(CC1CCCC1)C1Cc2ccccc2C1O. The van der Waals surface area contributed by atoms with Crippen LogP contribution in [-0.2, 0) is 6.42 Å². The van der Waals surface area contributed by atoms with Gasteiger partial charge in [0.2, 0.25) is 0 Å². The number of benzene rings is 1. The van der Waals surface area contributed by atoms with Gasteiger partial charge in [-0.05, 0) is 43.4 Å². The summed E-state index contributed by atoms with van der Waals surface area (Å²) < 4.78 is 0. The maximum atomic E-state index is 10.4. The fraction of sp³-hybridized carbons (Fsp3) is 0.625. The average molecular weight is 245 g/mol. The molecule has 98 valence electrons. The number of hydrogen-bond acceptors (Lipinski definition) is 2. The van der Waals surface area contributed by atoms with Gasteiger partial charge in [0.25, 0.3) is 0 Å². The predicted molar refractivity (Wildman–Crippen MR) is 73.5 cm³/mol. The van der Waals surface area contributed by atoms with E-state index < -0.39 is 0 Å². The molecule has 1 aromatic carbocycles. The van der Waals surface area contributed by atoms with Crippen molar-refractivity contribution in [2.75, 3.05) is 13.6 Å². The molecule has 0 spiro atoms. The maximum absolute atomic E-state index is 10.4. The first-order chi connectivity index (χ1) is 8.75. The van der Waals surface area contributed by atoms with Gasteiger partial charge in [-0.25, -0.2) is 0 Å². The van der Waals surface area contributed by atoms with Crippen molar-refractivity contribution in [2.24, 2.45) is 5.92 Å². The first-order valence-electron chi connectivity index (χ1n) is 7.22. The monoisotopic (exact) mass is 245 g/mol. The summed E-state index contributed by atoms with van der Waals surface area (Å²) >= 11 is 0. The fourth-order valence-corrected chi connectivity index (χ4v) is 3.69. The van der Waals surface area contributed by atoms with Crippen molar-refractivity contribution in [1.29, 1.82) is 0 Å². The van der Waals surface area contributed by atoms with E-state index >= 15 is 0 Å². The molecule has 0 radical (unpaired) electrons. The van der Waals surface area contributed by atoms with Gasteiger partial charge < -0.3 is 5.11 Å². The van der Waals surface area contributed by atoms with Gasteiger partial charge in [-0.3, -0.25) is 4.90 Å². The highest BCUT2D eigenvalue weighted by Gasteiger charge is 2.34. The molecule has 0 aliphatic heterocycles. The summed E-state index contributed by atoms with van der Waals surface area (Å²) in [5.74, 6) is 0.853. The van der Waals surface area contributed by atoms with Crippen LogP contribution in [0.4, 0.5) is 0 Å². The molecule has 0 bridgehead atoms. The summed E-state index contributed by atoms with van der Waals surface area (Å²) in [6, 6.07) is 8.61. The Kier molecular flexibility index (Phi) is 3.40. The minimum absolute atomic E-state index is 0.281. The number of nitrogens with zero attached hydrogens (tertiary/aromatic N) is 1. The van der Waals surface area contributed by atoms with Crippen LogP contribution in [0.15, 0.2) is 24.3 Å². The van der Waals surface area contributed by atoms with Gasteiger partial charge >= 0.3 is 0 Å². The van der Waals surface area contributed by atoms with Crippen molar-refractivity contribution in [1.82, 2.24) is 4.90 Å². The number of aliphatic hydroxyl groups excluding tert-OH is 1. The second-order valence-electron chi connectivity index (χ2n) is 6.01. The molecule has 0 amide bonds. The van der Waals surface area contributed by atoms with E-state index in [2.05, 4.69) is 30.1 Å². The van der Waals surface area contributed by atoms with Crippen molar-refractivity contribution in [3.63, 3.8) is 0 Å². The lowest BCUT2D eigenvalue weighted by Crippen LogP contribution is -2.38. The van der Waals surface area contributed by atoms with Crippen LogP contribution in [0.1, 0.15) is 42.9 Å². The quantitative estimate of drug-likeness (QED) is 0.885. The molecule has 2 aliphatic carbocycles. The molecule has 1 aromatic rings. The highest BCUT2D eigenvalue weighted by molar-refractivity contribution is 5.35. The first-order valence-corrected chi connectivity index (χ1v) is 7.22. The number of aliphatic hydroxyl groups is 1. The normalized spacial score (nSPS) is 27.9. The molecule has 18 heavy (non-hydrogen) atoms. The zero-order valence-corrected chi connectivity index (χ0v) is 11.2. The predicted octanol–water partition coefficient (Wildman–Crippen LogP) is 2.77. The van der Waals surface area contributed by atoms with Crippen LogP contribution >= 0.6 is 0 Å². The first kappa shape index (κ1) is 12.2. The van der Waals surface area contributed by atoms with Crippen LogP contribution in [0.3, 0.4) is 0 Å². The molecule has 1 fully saturated rings. The second-order valence-corrected chi connectivity index (χ2v) is 6.01. The molecule has 3 rings (SSSR count). The van der Waals surface area contributed by atoms with Crippen LogP contribution in [-0.4, -0.2) is 29.6 Å². The number of likely N-dealkylation sites (N-methyl/N-ethyl adjacent to an activating group) is 1. The van der Waals surface area contributed by atoms with E-state index in [1.165, 1.54) is 31.2 Å². The topological polar surface area (TPSA) is 23.5 Å². The van der Waals surface area contributed by atoms with E-state index in [4.69, 9.17) is 0 Å². The van der Waals surface area contributed by atoms with Crippen LogP contribution < -0.4 is 0 Å². The van der Waals surface area contributed by atoms with Gasteiger partial charge in [0.05, 0.1) is 6.10 Å². The van der Waals surface area contributed by atoms with Gasteiger partial charge in [0.15, 0.2) is 0 Å². The summed E-state index contributed by atoms with van der Waals surface area (Å²) in [5, 5.41) is 10.4. The zero-order valence-electron chi connectivity index (χ0n) is 11.2. The highest BCUT2D eigenvalue weighted by atomic mass is 16.3. The lowest BCUT2D eigenvalue weighted by atomic mass is 10.1. The van der Waals surface area contributed by atoms with Crippen LogP contribution in [0.5, 0.6) is 0 Å². The van der Waals surface area contributed by atoms with E-state index in [-0.39, 0.29) is 12.1 Å². The molecule has 2 heteroatoms. The van der Waals surface area contributed by atoms with Gasteiger partial charge in [-0.15, -0.1) is 0 Å². The van der Waals surface area contributed by atoms with E-state index in [0.29, 0.717) is 0 Å². The lowest BCUT2D eigenvalue weighted by molar-refractivity contribution is 0.0677. The molecule has 0 saturated heterocycles. The van der Waals surface area contributed by atoms with Crippen LogP contribution in [0.2, 0.25) is 0 Å². The van der Waals surface area contributed by atoms with Gasteiger partial charge in [-0.1, -0.05) is 37.1 Å². The van der Waals surface area contributed by atoms with Crippen molar-refractivity contribution in [3.05, 3.63) is 35.4 Å². The molecule has 0 aromatic heterocycles. The minimum Gasteiger partial charge on any atom is -0.387 e. The van der Waals surface area contributed by atoms with E-state index in [9.17, 15) is 5.11 Å². The minimum atomic E-state index is -0.299. The number of rotatable bonds is 3. The Morgan fingerprint density at radius 3 is 2.67 bits per heavy atom. The largest absolute Gasteiger partial charge is 0.387 e. The second kappa shape index (κ2) is 5.02. The standard InChI is InChI=1S/C16H23NO/c1-17(11-12-6-2-3-7-12)15-10-13-8-4-5-9-14(13)16(15)18/h4-5,8-9,12,15-16,18H,2-3,6-7,10-11H2,1H3. The molecule has 0 heterocycles. The van der Waals surface area contributed by atoms with Gasteiger partial charge in [0, 0.05) is 12.6 Å². The molecule has 2 aliphatic rings. The summed E-state index contributed by atoms with van der Waals surface area (Å²) in [6.07, 6.45) is 6.24. The molecule has 2 nitrogen and oxygen atoms in total. The Morgan fingerprint density at radius 2 is 1.94 bits per heavy atom. The van der Waals surface area contributed by atoms with Crippen molar-refractivity contribution in [2.45, 2.75) is 44.2 Å². The zero-order chi connectivity index (χ0) is 12.5. The van der Waals surface area contributed by atoms with Gasteiger partial charge in [0.1, 0.15) is 0 Å². The lowest BCUT2D eigenvalue weighted by Gasteiger charge is -2.29. The van der Waals surface area contributed by atoms with Crippen molar-refractivity contribution in [3.8, 4) is 0 Å². The Hall–Kier alpha value is -0.860. The smallest absolute Gasteiger partial charge is 0.0950 e. The van der Waals surface area contributed by atoms with E-state index in [1.807, 2.05) is 6.07 Å². The summed E-state index contributed by atoms with van der Waals surface area (Å²) in [4.78, 5) is 2.39. The maximum Gasteiger partial charge on any atom is 0.0950 e. The Morgan fingerprint density at radius 1 is 1.22 bits per heavy atom. The third-order valence-corrected chi connectivity index (χ3v) is 4.75. The average Bonchev–Trinajstić information content (AvgIpc) is 2.98. The molecule has 1 saturated carbocycles. The summed E-state index contributed by atoms with van der Waals surface area (Å²) in [6.45, 7) is 1.15. The highest BCUT2D eigenvalue weighted by Crippen LogP contribution is 2.35. The fourth-order valence-electron chi connectivity index (χ4n) is 3.69. The van der Waals surface area contributed by atoms with Crippen molar-refractivity contribution >= 4 is 0 Å². The van der Waals surface area contributed by atoms with E-state index in [1.54, 1.807) is 0 Å². The van der Waals surface area contributed by atoms with Crippen molar-refractivity contribution < 1.29 is 5.11 Å². The number of hydrogen-bond donors (Lipinski definition) is 1. The summed E-state index contributed by atoms with van der Waals surface area (Å²) in [5.41, 5.74) is 2.47. The molecular weight excluding hydrogens is 222 g/mol. The van der Waals surface area contributed by atoms with Crippen LogP contribution in [0, 0.1) is 5.92 Å². The van der Waals surface area contributed by atoms with Crippen LogP contribution in [0.25, 0.3) is 0 Å². The third-order valence-electron chi connectivity index (χ3n) is 4.75. The third kappa shape index (κ3) is 2.19. The molecule has 2 atom stereocenters. The Labute approximate surface area is 110 Å². The van der Waals surface area contributed by atoms with E-state index in [0.717, 1.165) is 24.4 Å².